The Hall–Kier alpha value is -3.16. The third-order valence-electron chi connectivity index (χ3n) is 4.18. The quantitative estimate of drug-likeness (QED) is 0.761. The van der Waals surface area contributed by atoms with Crippen molar-refractivity contribution in [1.82, 2.24) is 24.2 Å². The van der Waals surface area contributed by atoms with Crippen LogP contribution in [0.25, 0.3) is 16.9 Å². The molecule has 0 bridgehead atoms. The fourth-order valence-electron chi connectivity index (χ4n) is 2.72. The molecule has 1 aliphatic rings. The minimum Gasteiger partial charge on any atom is -0.278 e. The Kier molecular flexibility index (Phi) is 3.12. The molecule has 0 aliphatic heterocycles. The summed E-state index contributed by atoms with van der Waals surface area (Å²) in [5.41, 5.74) is 6.08. The first kappa shape index (κ1) is 14.4. The van der Waals surface area contributed by atoms with Gasteiger partial charge in [-0.2, -0.15) is 0 Å². The number of nitrogens with zero attached hydrogens (tertiary/aromatic N) is 5. The Morgan fingerprint density at radius 1 is 1.08 bits per heavy atom. The Morgan fingerprint density at radius 2 is 1.79 bits per heavy atom. The first-order valence-electron chi connectivity index (χ1n) is 7.64. The van der Waals surface area contributed by atoms with E-state index < -0.39 is 11.2 Å². The van der Waals surface area contributed by atoms with Crippen LogP contribution in [0.3, 0.4) is 0 Å². The van der Waals surface area contributed by atoms with Gasteiger partial charge < -0.3 is 0 Å². The van der Waals surface area contributed by atoms with Crippen LogP contribution < -0.4 is 16.7 Å². The van der Waals surface area contributed by atoms with Gasteiger partial charge in [0.05, 0.1) is 5.70 Å². The maximum atomic E-state index is 12.2. The number of rotatable bonds is 3. The van der Waals surface area contributed by atoms with Crippen molar-refractivity contribution in [3.8, 4) is 0 Å². The van der Waals surface area contributed by atoms with Crippen LogP contribution in [0.1, 0.15) is 18.4 Å². The van der Waals surface area contributed by atoms with E-state index in [-0.39, 0.29) is 5.52 Å². The number of benzene rings is 1. The maximum Gasteiger partial charge on any atom is 0.332 e. The summed E-state index contributed by atoms with van der Waals surface area (Å²) in [5.74, 6) is 0. The van der Waals surface area contributed by atoms with Gasteiger partial charge in [-0.05, 0) is 29.2 Å². The molecule has 122 valence electrons. The van der Waals surface area contributed by atoms with E-state index in [9.17, 15) is 9.59 Å². The smallest absolute Gasteiger partial charge is 0.278 e. The highest BCUT2D eigenvalue weighted by atomic mass is 16.2. The number of aryl methyl sites for hydroxylation is 1. The van der Waals surface area contributed by atoms with E-state index in [1.54, 1.807) is 7.05 Å². The molecule has 1 aromatic carbocycles. The number of aromatic nitrogens is 5. The molecule has 0 saturated heterocycles. The predicted molar refractivity (Wildman–Crippen MR) is 90.0 cm³/mol. The molecule has 3 aromatic rings. The average molecular weight is 324 g/mol. The predicted octanol–water partition coefficient (Wildman–Crippen LogP) is 0.577. The molecule has 0 atom stereocenters. The molecule has 1 saturated carbocycles. The highest BCUT2D eigenvalue weighted by Crippen LogP contribution is 2.35. The molecule has 0 spiro atoms. The molecule has 2 heterocycles. The van der Waals surface area contributed by atoms with Crippen LogP contribution in [0.15, 0.2) is 45.5 Å². The van der Waals surface area contributed by atoms with Crippen LogP contribution in [0.2, 0.25) is 0 Å². The van der Waals surface area contributed by atoms with Crippen LogP contribution >= 0.6 is 0 Å². The molecule has 8 nitrogen and oxygen atoms in total. The maximum absolute atomic E-state index is 12.2. The van der Waals surface area contributed by atoms with Gasteiger partial charge in [-0.1, -0.05) is 30.3 Å². The summed E-state index contributed by atoms with van der Waals surface area (Å²) in [7, 11) is 3.02. The van der Waals surface area contributed by atoms with Crippen LogP contribution in [0.5, 0.6) is 0 Å². The van der Waals surface area contributed by atoms with Crippen LogP contribution in [-0.4, -0.2) is 24.2 Å². The zero-order valence-electron chi connectivity index (χ0n) is 13.4. The van der Waals surface area contributed by atoms with Gasteiger partial charge in [0, 0.05) is 14.1 Å². The van der Waals surface area contributed by atoms with Crippen LogP contribution in [0.4, 0.5) is 0 Å². The lowest BCUT2D eigenvalue weighted by Crippen LogP contribution is -2.38. The second kappa shape index (κ2) is 5.19. The standard InChI is InChI=1S/C16H16N6O2/c1-20-14-13(15(23)21(2)16(20)24)17-19-22(14)18-12(11-8-9-11)10-6-4-3-5-7-10/h3-7,18H,8-9H2,1-2H3. The number of hydrogen-bond acceptors (Lipinski definition) is 5. The summed E-state index contributed by atoms with van der Waals surface area (Å²) in [5, 5.41) is 7.97. The summed E-state index contributed by atoms with van der Waals surface area (Å²) in [6, 6.07) is 9.89. The molecule has 1 N–H and O–H groups in total. The first-order valence-corrected chi connectivity index (χ1v) is 7.64. The highest BCUT2D eigenvalue weighted by molar-refractivity contribution is 5.77. The summed E-state index contributed by atoms with van der Waals surface area (Å²) in [6.07, 6.45) is 2.04. The van der Waals surface area contributed by atoms with Crippen molar-refractivity contribution in [1.29, 1.82) is 0 Å². The van der Waals surface area contributed by atoms with Gasteiger partial charge >= 0.3 is 5.69 Å². The molecule has 24 heavy (non-hydrogen) atoms. The zero-order chi connectivity index (χ0) is 16.8. The molecule has 4 rings (SSSR count). The number of fused-ring (bicyclic) bond motifs is 1. The summed E-state index contributed by atoms with van der Waals surface area (Å²) in [6.45, 7) is 0. The Balaban J connectivity index is 1.88. The first-order chi connectivity index (χ1) is 11.6. The van der Waals surface area contributed by atoms with Crippen molar-refractivity contribution in [3.05, 3.63) is 62.3 Å². The van der Waals surface area contributed by atoms with Crippen molar-refractivity contribution in [2.24, 2.45) is 14.1 Å². The van der Waals surface area contributed by atoms with Gasteiger partial charge in [-0.15, -0.1) is 9.89 Å². The van der Waals surface area contributed by atoms with E-state index in [1.165, 1.54) is 22.0 Å². The number of hydrogen-bond donors (Lipinski definition) is 1. The largest absolute Gasteiger partial charge is 0.332 e. The van der Waals surface area contributed by atoms with E-state index in [4.69, 9.17) is 0 Å². The van der Waals surface area contributed by atoms with Gasteiger partial charge in [0.1, 0.15) is 0 Å². The molecular formula is C16H16N6O2. The van der Waals surface area contributed by atoms with E-state index in [0.717, 1.165) is 28.7 Å². The molecule has 1 aliphatic carbocycles. The average Bonchev–Trinajstić information content (AvgIpc) is 3.36. The van der Waals surface area contributed by atoms with Crippen LogP contribution in [-0.2, 0) is 14.1 Å². The Labute approximate surface area is 136 Å². The minimum absolute atomic E-state index is 0.153. The van der Waals surface area contributed by atoms with E-state index >= 15 is 0 Å². The van der Waals surface area contributed by atoms with Crippen molar-refractivity contribution in [3.63, 3.8) is 0 Å². The van der Waals surface area contributed by atoms with E-state index in [1.807, 2.05) is 30.3 Å². The second-order valence-corrected chi connectivity index (χ2v) is 5.84. The molecule has 2 aromatic heterocycles. The summed E-state index contributed by atoms with van der Waals surface area (Å²) >= 11 is 0. The van der Waals surface area contributed by atoms with Crippen molar-refractivity contribution in [2.45, 2.75) is 12.8 Å². The molecule has 8 heteroatoms. The van der Waals surface area contributed by atoms with Crippen LogP contribution in [0, 0.1) is 0 Å². The normalized spacial score (nSPS) is 13.3. The number of allylic oxidation sites excluding steroid dienone is 1. The lowest BCUT2D eigenvalue weighted by molar-refractivity contribution is 0.687. The lowest BCUT2D eigenvalue weighted by atomic mass is 10.1. The topological polar surface area (TPSA) is 86.7 Å². The summed E-state index contributed by atoms with van der Waals surface area (Å²) < 4.78 is 2.39. The fourth-order valence-corrected chi connectivity index (χ4v) is 2.72. The molecule has 0 radical (unpaired) electrons. The van der Waals surface area contributed by atoms with Gasteiger partial charge in [-0.25, -0.2) is 4.79 Å². The molecular weight excluding hydrogens is 308 g/mol. The van der Waals surface area contributed by atoms with Gasteiger partial charge in [0.2, 0.25) is 0 Å². The molecule has 0 unspecified atom stereocenters. The van der Waals surface area contributed by atoms with Crippen molar-refractivity contribution < 1.29 is 0 Å². The second-order valence-electron chi connectivity index (χ2n) is 5.84. The highest BCUT2D eigenvalue weighted by Gasteiger charge is 2.22. The Bertz CT molecular complexity index is 1080. The molecule has 1 fully saturated rings. The SMILES string of the molecule is Cn1c(=O)c2nnn(NC(=C3CC3)c3ccccc3)c2n(C)c1=O. The van der Waals surface area contributed by atoms with Gasteiger partial charge in [0.25, 0.3) is 5.56 Å². The summed E-state index contributed by atoms with van der Waals surface area (Å²) in [4.78, 5) is 25.8. The zero-order valence-corrected chi connectivity index (χ0v) is 13.4. The number of nitrogens with one attached hydrogen (secondary N) is 1. The lowest BCUT2D eigenvalue weighted by Gasteiger charge is -2.12. The third-order valence-corrected chi connectivity index (χ3v) is 4.18. The monoisotopic (exact) mass is 324 g/mol. The van der Waals surface area contributed by atoms with Gasteiger partial charge in [0.15, 0.2) is 11.2 Å². The fraction of sp³-hybridized carbons (Fsp3) is 0.250. The van der Waals surface area contributed by atoms with Gasteiger partial charge in [-0.3, -0.25) is 19.4 Å². The van der Waals surface area contributed by atoms with Crippen molar-refractivity contribution >= 4 is 16.9 Å². The van der Waals surface area contributed by atoms with E-state index in [2.05, 4.69) is 15.7 Å². The minimum atomic E-state index is -0.457. The third kappa shape index (κ3) is 2.15. The van der Waals surface area contributed by atoms with Crippen molar-refractivity contribution in [2.75, 3.05) is 5.43 Å². The Morgan fingerprint density at radius 3 is 2.46 bits per heavy atom. The van der Waals surface area contributed by atoms with E-state index in [0.29, 0.717) is 5.65 Å². The molecule has 0 amide bonds.